The maximum atomic E-state index is 13.0. The van der Waals surface area contributed by atoms with Gasteiger partial charge in [-0.3, -0.25) is 19.1 Å². The molecule has 6 nitrogen and oxygen atoms in total. The molecule has 3 aromatic rings. The molecule has 1 aliphatic rings. The fourth-order valence-electron chi connectivity index (χ4n) is 4.49. The van der Waals surface area contributed by atoms with Gasteiger partial charge in [-0.2, -0.15) is 0 Å². The Labute approximate surface area is 195 Å². The topological polar surface area (TPSA) is 67.2 Å². The second-order valence-corrected chi connectivity index (χ2v) is 8.84. The van der Waals surface area contributed by atoms with Crippen LogP contribution in [-0.4, -0.2) is 33.4 Å². The molecular weight excluding hydrogens is 412 g/mol. The summed E-state index contributed by atoms with van der Waals surface area (Å²) in [6, 6.07) is 13.6. The first-order chi connectivity index (χ1) is 16.1. The Morgan fingerprint density at radius 1 is 1.00 bits per heavy atom. The Balaban J connectivity index is 1.46. The highest BCUT2D eigenvalue weighted by Gasteiger charge is 2.15. The lowest BCUT2D eigenvalue weighted by atomic mass is 10.1. The fraction of sp³-hybridized carbons (Fsp3) is 0.444. The predicted octanol–water partition coefficient (Wildman–Crippen LogP) is 4.28. The minimum Gasteiger partial charge on any atom is -0.348 e. The van der Waals surface area contributed by atoms with E-state index in [0.29, 0.717) is 23.0 Å². The van der Waals surface area contributed by atoms with Gasteiger partial charge in [-0.1, -0.05) is 51.0 Å². The number of nitrogens with zero attached hydrogens (tertiary/aromatic N) is 3. The Morgan fingerprint density at radius 2 is 1.73 bits per heavy atom. The van der Waals surface area contributed by atoms with Gasteiger partial charge in [0.15, 0.2) is 0 Å². The van der Waals surface area contributed by atoms with Crippen molar-refractivity contribution in [3.8, 4) is 0 Å². The Hall–Kier alpha value is -2.99. The van der Waals surface area contributed by atoms with E-state index < -0.39 is 0 Å². The van der Waals surface area contributed by atoms with E-state index in [9.17, 15) is 9.59 Å². The van der Waals surface area contributed by atoms with Crippen LogP contribution in [-0.2, 0) is 26.1 Å². The summed E-state index contributed by atoms with van der Waals surface area (Å²) < 4.78 is 1.82. The van der Waals surface area contributed by atoms with Gasteiger partial charge in [0.25, 0.3) is 11.5 Å². The molecule has 0 saturated carbocycles. The van der Waals surface area contributed by atoms with Crippen molar-refractivity contribution in [2.75, 3.05) is 13.1 Å². The van der Waals surface area contributed by atoms with E-state index in [1.807, 2.05) is 4.57 Å². The zero-order chi connectivity index (χ0) is 23.2. The number of hydrogen-bond acceptors (Lipinski definition) is 4. The molecule has 0 bridgehead atoms. The molecule has 0 atom stereocenters. The summed E-state index contributed by atoms with van der Waals surface area (Å²) in [5.41, 5.74) is 3.48. The van der Waals surface area contributed by atoms with Gasteiger partial charge in [-0.05, 0) is 55.3 Å². The van der Waals surface area contributed by atoms with Crippen molar-refractivity contribution >= 4 is 16.8 Å². The van der Waals surface area contributed by atoms with Crippen LogP contribution in [0.25, 0.3) is 10.9 Å². The molecule has 2 heterocycles. The number of nitrogens with one attached hydrogen (secondary N) is 1. The maximum Gasteiger partial charge on any atom is 0.261 e. The smallest absolute Gasteiger partial charge is 0.261 e. The van der Waals surface area contributed by atoms with E-state index in [4.69, 9.17) is 4.98 Å². The molecular formula is C27H34N4O2. The van der Waals surface area contributed by atoms with Gasteiger partial charge >= 0.3 is 0 Å². The number of carbonyl (C=O) groups excluding carboxylic acids is 1. The van der Waals surface area contributed by atoms with Gasteiger partial charge in [0.1, 0.15) is 5.82 Å². The molecule has 33 heavy (non-hydrogen) atoms. The summed E-state index contributed by atoms with van der Waals surface area (Å²) in [4.78, 5) is 32.9. The second-order valence-electron chi connectivity index (χ2n) is 8.84. The van der Waals surface area contributed by atoms with E-state index >= 15 is 0 Å². The van der Waals surface area contributed by atoms with Gasteiger partial charge in [-0.25, -0.2) is 4.98 Å². The average molecular weight is 447 g/mol. The molecule has 6 heteroatoms. The van der Waals surface area contributed by atoms with E-state index in [0.717, 1.165) is 63.3 Å². The Morgan fingerprint density at radius 3 is 2.48 bits per heavy atom. The Kier molecular flexibility index (Phi) is 7.55. The number of aromatic nitrogens is 2. The summed E-state index contributed by atoms with van der Waals surface area (Å²) in [5, 5.41) is 3.58. The van der Waals surface area contributed by atoms with Crippen molar-refractivity contribution in [1.29, 1.82) is 0 Å². The quantitative estimate of drug-likeness (QED) is 0.588. The molecule has 4 rings (SSSR count). The van der Waals surface area contributed by atoms with Crippen molar-refractivity contribution in [3.63, 3.8) is 0 Å². The van der Waals surface area contributed by atoms with Gasteiger partial charge < -0.3 is 5.32 Å². The number of hydrogen-bond donors (Lipinski definition) is 1. The molecule has 0 fully saturated rings. The van der Waals surface area contributed by atoms with E-state index in [1.165, 1.54) is 12.0 Å². The predicted molar refractivity (Wildman–Crippen MR) is 132 cm³/mol. The highest BCUT2D eigenvalue weighted by molar-refractivity contribution is 5.97. The zero-order valence-corrected chi connectivity index (χ0v) is 19.8. The van der Waals surface area contributed by atoms with Crippen molar-refractivity contribution in [1.82, 2.24) is 19.8 Å². The average Bonchev–Trinajstić information content (AvgIpc) is 2.82. The summed E-state index contributed by atoms with van der Waals surface area (Å²) in [7, 11) is 0. The van der Waals surface area contributed by atoms with Crippen LogP contribution in [0.5, 0.6) is 0 Å². The lowest BCUT2D eigenvalue weighted by Crippen LogP contribution is -2.27. The van der Waals surface area contributed by atoms with Gasteiger partial charge in [-0.15, -0.1) is 0 Å². The van der Waals surface area contributed by atoms with Crippen LogP contribution < -0.4 is 10.9 Å². The van der Waals surface area contributed by atoms with Crippen LogP contribution >= 0.6 is 0 Å². The number of rotatable bonds is 7. The van der Waals surface area contributed by atoms with Crippen LogP contribution in [0.15, 0.2) is 47.3 Å². The summed E-state index contributed by atoms with van der Waals surface area (Å²) >= 11 is 0. The third-order valence-electron chi connectivity index (χ3n) is 6.61. The zero-order valence-electron chi connectivity index (χ0n) is 19.8. The molecule has 0 saturated heterocycles. The molecule has 2 aromatic carbocycles. The van der Waals surface area contributed by atoms with Crippen LogP contribution in [0.2, 0.25) is 0 Å². The van der Waals surface area contributed by atoms with E-state index in [-0.39, 0.29) is 11.5 Å². The number of amides is 1. The highest BCUT2D eigenvalue weighted by Crippen LogP contribution is 2.17. The first-order valence-corrected chi connectivity index (χ1v) is 12.2. The van der Waals surface area contributed by atoms with Crippen molar-refractivity contribution in [2.45, 2.75) is 65.6 Å². The minimum absolute atomic E-state index is 0.00802. The molecule has 0 aliphatic carbocycles. The summed E-state index contributed by atoms with van der Waals surface area (Å²) in [6.45, 7) is 8.53. The normalized spacial score (nSPS) is 14.0. The first-order valence-electron chi connectivity index (χ1n) is 12.2. The molecule has 0 radical (unpaired) electrons. The third-order valence-corrected chi connectivity index (χ3v) is 6.61. The summed E-state index contributed by atoms with van der Waals surface area (Å²) in [5.74, 6) is 0.687. The number of aryl methyl sites for hydroxylation is 1. The highest BCUT2D eigenvalue weighted by atomic mass is 16.1. The molecule has 0 unspecified atom stereocenters. The van der Waals surface area contributed by atoms with Crippen molar-refractivity contribution in [3.05, 3.63) is 75.3 Å². The number of benzene rings is 2. The number of carbonyl (C=O) groups is 1. The third kappa shape index (κ3) is 5.50. The SMILES string of the molecule is CCN(CC)Cc1ccc(CNC(=O)c2ccc3c(=O)n4c(nc3c2)CCCCCC4)cc1. The fourth-order valence-corrected chi connectivity index (χ4v) is 4.49. The lowest BCUT2D eigenvalue weighted by Gasteiger charge is -2.18. The van der Waals surface area contributed by atoms with Crippen molar-refractivity contribution in [2.24, 2.45) is 0 Å². The molecule has 174 valence electrons. The van der Waals surface area contributed by atoms with E-state index in [2.05, 4.69) is 48.3 Å². The molecule has 1 aromatic heterocycles. The molecule has 0 spiro atoms. The maximum absolute atomic E-state index is 13.0. The van der Waals surface area contributed by atoms with Crippen LogP contribution in [0, 0.1) is 0 Å². The number of fused-ring (bicyclic) bond motifs is 2. The van der Waals surface area contributed by atoms with Crippen LogP contribution in [0.4, 0.5) is 0 Å². The monoisotopic (exact) mass is 446 g/mol. The van der Waals surface area contributed by atoms with Crippen LogP contribution in [0.3, 0.4) is 0 Å². The molecule has 1 amide bonds. The summed E-state index contributed by atoms with van der Waals surface area (Å²) in [6.07, 6.45) is 5.20. The minimum atomic E-state index is -0.155. The van der Waals surface area contributed by atoms with Gasteiger partial charge in [0.2, 0.25) is 0 Å². The lowest BCUT2D eigenvalue weighted by molar-refractivity contribution is 0.0951. The van der Waals surface area contributed by atoms with Crippen molar-refractivity contribution < 1.29 is 4.79 Å². The molecule has 1 N–H and O–H groups in total. The Bertz CT molecular complexity index is 1160. The first kappa shape index (κ1) is 23.2. The molecule has 1 aliphatic heterocycles. The van der Waals surface area contributed by atoms with Crippen LogP contribution in [0.1, 0.15) is 66.8 Å². The van der Waals surface area contributed by atoms with Gasteiger partial charge in [0.05, 0.1) is 10.9 Å². The van der Waals surface area contributed by atoms with Gasteiger partial charge in [0, 0.05) is 31.6 Å². The second kappa shape index (κ2) is 10.8. The largest absolute Gasteiger partial charge is 0.348 e. The standard InChI is InChI=1S/C27H34N4O2/c1-3-30(4-2)19-21-12-10-20(11-13-21)18-28-26(32)22-14-15-23-24(17-22)29-25-9-7-5-6-8-16-31(25)27(23)33/h10-15,17H,3-9,16,18-19H2,1-2H3,(H,28,32). The van der Waals surface area contributed by atoms with E-state index in [1.54, 1.807) is 18.2 Å².